The maximum absolute atomic E-state index is 10.6. The van der Waals surface area contributed by atoms with Crippen LogP contribution in [-0.4, -0.2) is 47.8 Å². The zero-order chi connectivity index (χ0) is 14.9. The zero-order valence-corrected chi connectivity index (χ0v) is 12.9. The second-order valence-corrected chi connectivity index (χ2v) is 7.64. The average molecular weight is 295 g/mol. The van der Waals surface area contributed by atoms with Gasteiger partial charge in [0, 0.05) is 18.6 Å². The van der Waals surface area contributed by atoms with E-state index in [1.807, 2.05) is 0 Å². The fourth-order valence-electron chi connectivity index (χ4n) is 4.62. The number of hydrogen-bond acceptors (Lipinski definition) is 3. The SMILES string of the molecule is N[C@H]1CC[C@H](CN2CCC3(CC2)CC(NC(=O)O)C3)CC1. The summed E-state index contributed by atoms with van der Waals surface area (Å²) in [6.45, 7) is 3.64. The summed E-state index contributed by atoms with van der Waals surface area (Å²) in [6, 6.07) is 0.647. The Balaban J connectivity index is 1.37. The predicted octanol–water partition coefficient (Wildman–Crippen LogP) is 2.02. The van der Waals surface area contributed by atoms with Gasteiger partial charge < -0.3 is 21.1 Å². The first kappa shape index (κ1) is 15.1. The fourth-order valence-corrected chi connectivity index (χ4v) is 4.62. The van der Waals surface area contributed by atoms with E-state index < -0.39 is 6.09 Å². The molecular formula is C16H29N3O2. The van der Waals surface area contributed by atoms with Gasteiger partial charge in [-0.05, 0) is 75.8 Å². The van der Waals surface area contributed by atoms with Gasteiger partial charge in [0.2, 0.25) is 0 Å². The van der Waals surface area contributed by atoms with Gasteiger partial charge in [-0.15, -0.1) is 0 Å². The van der Waals surface area contributed by atoms with Gasteiger partial charge >= 0.3 is 6.09 Å². The molecule has 0 bridgehead atoms. The zero-order valence-electron chi connectivity index (χ0n) is 12.9. The van der Waals surface area contributed by atoms with Crippen LogP contribution in [0.3, 0.4) is 0 Å². The Morgan fingerprint density at radius 1 is 1.19 bits per heavy atom. The van der Waals surface area contributed by atoms with E-state index in [4.69, 9.17) is 10.8 Å². The second kappa shape index (κ2) is 6.13. The molecule has 21 heavy (non-hydrogen) atoms. The molecule has 3 aliphatic rings. The minimum Gasteiger partial charge on any atom is -0.465 e. The topological polar surface area (TPSA) is 78.6 Å². The molecule has 5 nitrogen and oxygen atoms in total. The molecular weight excluding hydrogens is 266 g/mol. The molecule has 5 heteroatoms. The van der Waals surface area contributed by atoms with Crippen molar-refractivity contribution in [3.63, 3.8) is 0 Å². The van der Waals surface area contributed by atoms with E-state index in [2.05, 4.69) is 10.2 Å². The van der Waals surface area contributed by atoms with Crippen LogP contribution in [0.4, 0.5) is 4.79 Å². The Bertz CT molecular complexity index is 364. The molecule has 2 saturated carbocycles. The third kappa shape index (κ3) is 3.69. The third-order valence-corrected chi connectivity index (χ3v) is 6.01. The van der Waals surface area contributed by atoms with E-state index in [0.717, 1.165) is 18.8 Å². The van der Waals surface area contributed by atoms with Crippen LogP contribution >= 0.6 is 0 Å². The highest BCUT2D eigenvalue weighted by atomic mass is 16.4. The molecule has 1 heterocycles. The van der Waals surface area contributed by atoms with E-state index in [9.17, 15) is 4.79 Å². The van der Waals surface area contributed by atoms with Gasteiger partial charge in [-0.3, -0.25) is 0 Å². The van der Waals surface area contributed by atoms with E-state index in [1.165, 1.54) is 58.2 Å². The largest absolute Gasteiger partial charge is 0.465 e. The normalized spacial score (nSPS) is 33.6. The van der Waals surface area contributed by atoms with Gasteiger partial charge in [0.1, 0.15) is 0 Å². The number of carbonyl (C=O) groups is 1. The monoisotopic (exact) mass is 295 g/mol. The minimum atomic E-state index is -0.872. The van der Waals surface area contributed by atoms with Crippen LogP contribution in [0.2, 0.25) is 0 Å². The van der Waals surface area contributed by atoms with Crippen molar-refractivity contribution in [2.24, 2.45) is 17.1 Å². The van der Waals surface area contributed by atoms with Gasteiger partial charge in [-0.1, -0.05) is 0 Å². The lowest BCUT2D eigenvalue weighted by Gasteiger charge is -2.52. The van der Waals surface area contributed by atoms with Gasteiger partial charge in [0.05, 0.1) is 0 Å². The number of carboxylic acid groups (broad SMARTS) is 1. The summed E-state index contributed by atoms with van der Waals surface area (Å²) in [5, 5.41) is 11.4. The molecule has 1 aliphatic heterocycles. The van der Waals surface area contributed by atoms with Crippen molar-refractivity contribution in [1.29, 1.82) is 0 Å². The summed E-state index contributed by atoms with van der Waals surface area (Å²) in [5.41, 5.74) is 6.42. The maximum Gasteiger partial charge on any atom is 0.404 e. The minimum absolute atomic E-state index is 0.203. The Morgan fingerprint density at radius 2 is 1.81 bits per heavy atom. The van der Waals surface area contributed by atoms with Gasteiger partial charge in [-0.25, -0.2) is 4.79 Å². The van der Waals surface area contributed by atoms with Crippen LogP contribution in [-0.2, 0) is 0 Å². The summed E-state index contributed by atoms with van der Waals surface area (Å²) in [6.07, 6.45) is 8.71. The van der Waals surface area contributed by atoms with Crippen molar-refractivity contribution < 1.29 is 9.90 Å². The van der Waals surface area contributed by atoms with E-state index in [1.54, 1.807) is 0 Å². The molecule has 1 saturated heterocycles. The Kier molecular flexibility index (Phi) is 4.41. The van der Waals surface area contributed by atoms with Crippen LogP contribution in [0.1, 0.15) is 51.4 Å². The van der Waals surface area contributed by atoms with E-state index >= 15 is 0 Å². The summed E-state index contributed by atoms with van der Waals surface area (Å²) >= 11 is 0. The molecule has 0 unspecified atom stereocenters. The van der Waals surface area contributed by atoms with Crippen LogP contribution in [0, 0.1) is 11.3 Å². The first-order valence-electron chi connectivity index (χ1n) is 8.52. The number of nitrogens with two attached hydrogens (primary N) is 1. The first-order valence-corrected chi connectivity index (χ1v) is 8.52. The molecule has 0 aromatic carbocycles. The van der Waals surface area contributed by atoms with Gasteiger partial charge in [0.25, 0.3) is 0 Å². The number of nitrogens with zero attached hydrogens (tertiary/aromatic N) is 1. The highest BCUT2D eigenvalue weighted by Crippen LogP contribution is 2.49. The maximum atomic E-state index is 10.6. The van der Waals surface area contributed by atoms with Crippen LogP contribution < -0.4 is 11.1 Å². The van der Waals surface area contributed by atoms with E-state index in [-0.39, 0.29) is 6.04 Å². The Morgan fingerprint density at radius 3 is 2.38 bits per heavy atom. The Hall–Kier alpha value is -0.810. The number of likely N-dealkylation sites (tertiary alicyclic amines) is 1. The third-order valence-electron chi connectivity index (χ3n) is 6.01. The standard InChI is InChI=1S/C16H29N3O2/c17-13-3-1-12(2-4-13)11-19-7-5-16(6-8-19)9-14(10-16)18-15(20)21/h12-14,18H,1-11,17H2,(H,20,21)/t12-,13-. The van der Waals surface area contributed by atoms with Crippen LogP contribution in [0.25, 0.3) is 0 Å². The molecule has 1 spiro atoms. The lowest BCUT2D eigenvalue weighted by Crippen LogP contribution is -2.55. The number of piperidine rings is 1. The van der Waals surface area contributed by atoms with Gasteiger partial charge in [-0.2, -0.15) is 0 Å². The van der Waals surface area contributed by atoms with Gasteiger partial charge in [0.15, 0.2) is 0 Å². The van der Waals surface area contributed by atoms with Crippen molar-refractivity contribution >= 4 is 6.09 Å². The van der Waals surface area contributed by atoms with Crippen molar-refractivity contribution in [3.05, 3.63) is 0 Å². The van der Waals surface area contributed by atoms with Crippen molar-refractivity contribution in [2.45, 2.75) is 63.5 Å². The smallest absolute Gasteiger partial charge is 0.404 e. The molecule has 1 amide bonds. The average Bonchev–Trinajstić information content (AvgIpc) is 2.41. The predicted molar refractivity (Wildman–Crippen MR) is 82.2 cm³/mol. The molecule has 120 valence electrons. The lowest BCUT2D eigenvalue weighted by molar-refractivity contribution is 0.00166. The van der Waals surface area contributed by atoms with Crippen molar-refractivity contribution in [1.82, 2.24) is 10.2 Å². The number of nitrogens with one attached hydrogen (secondary N) is 1. The van der Waals surface area contributed by atoms with Crippen molar-refractivity contribution in [2.75, 3.05) is 19.6 Å². The van der Waals surface area contributed by atoms with Crippen LogP contribution in [0.5, 0.6) is 0 Å². The molecule has 0 atom stereocenters. The second-order valence-electron chi connectivity index (χ2n) is 7.64. The molecule has 3 rings (SSSR count). The number of amides is 1. The fraction of sp³-hybridized carbons (Fsp3) is 0.938. The highest BCUT2D eigenvalue weighted by Gasteiger charge is 2.46. The molecule has 4 N–H and O–H groups in total. The van der Waals surface area contributed by atoms with Crippen molar-refractivity contribution in [3.8, 4) is 0 Å². The summed E-state index contributed by atoms with van der Waals surface area (Å²) in [7, 11) is 0. The Labute approximate surface area is 127 Å². The molecule has 3 fully saturated rings. The summed E-state index contributed by atoms with van der Waals surface area (Å²) in [5.74, 6) is 0.849. The molecule has 2 aliphatic carbocycles. The molecule has 0 aromatic rings. The van der Waals surface area contributed by atoms with Crippen LogP contribution in [0.15, 0.2) is 0 Å². The molecule has 0 aromatic heterocycles. The quantitative estimate of drug-likeness (QED) is 0.744. The summed E-state index contributed by atoms with van der Waals surface area (Å²) in [4.78, 5) is 13.3. The molecule has 0 radical (unpaired) electrons. The lowest BCUT2D eigenvalue weighted by atomic mass is 9.60. The van der Waals surface area contributed by atoms with E-state index in [0.29, 0.717) is 11.5 Å². The number of rotatable bonds is 3. The number of hydrogen-bond donors (Lipinski definition) is 3. The highest BCUT2D eigenvalue weighted by molar-refractivity contribution is 5.65. The summed E-state index contributed by atoms with van der Waals surface area (Å²) < 4.78 is 0. The first-order chi connectivity index (χ1) is 10.0.